The number of methoxy groups -OCH3 is 1. The summed E-state index contributed by atoms with van der Waals surface area (Å²) in [5, 5.41) is 15.3. The number of esters is 1. The lowest BCUT2D eigenvalue weighted by molar-refractivity contribution is -0.384. The Kier molecular flexibility index (Phi) is 8.83. The number of aromatic nitrogens is 3. The van der Waals surface area contributed by atoms with Crippen LogP contribution in [0, 0.1) is 10.1 Å². The molecule has 0 fully saturated rings. The summed E-state index contributed by atoms with van der Waals surface area (Å²) in [6, 6.07) is 5.23. The molecule has 0 radical (unpaired) electrons. The minimum atomic E-state index is -0.537. The summed E-state index contributed by atoms with van der Waals surface area (Å²) in [7, 11) is 7.20. The van der Waals surface area contributed by atoms with Gasteiger partial charge < -0.3 is 29.5 Å². The molecular formula is C32H42N8O5. The summed E-state index contributed by atoms with van der Waals surface area (Å²) >= 11 is 0. The summed E-state index contributed by atoms with van der Waals surface area (Å²) in [5.74, 6) is 0.365. The van der Waals surface area contributed by atoms with Crippen molar-refractivity contribution in [3.63, 3.8) is 0 Å². The maximum Gasteiger partial charge on any atom is 0.343 e. The molecule has 5 rings (SSSR count). The fraction of sp³-hybridized carbons (Fsp3) is 0.500. The van der Waals surface area contributed by atoms with E-state index in [0.29, 0.717) is 42.6 Å². The van der Waals surface area contributed by atoms with Gasteiger partial charge in [0.05, 0.1) is 35.2 Å². The monoisotopic (exact) mass is 618 g/mol. The maximum absolute atomic E-state index is 13.3. The average molecular weight is 619 g/mol. The lowest BCUT2D eigenvalue weighted by Gasteiger charge is -2.24. The Bertz CT molecular complexity index is 1620. The molecule has 0 unspecified atom stereocenters. The molecule has 45 heavy (non-hydrogen) atoms. The molecule has 13 heteroatoms. The average Bonchev–Trinajstić information content (AvgIpc) is 3.55. The van der Waals surface area contributed by atoms with Crippen molar-refractivity contribution in [2.45, 2.75) is 58.5 Å². The minimum absolute atomic E-state index is 0.0907. The number of carbonyl (C=O) groups excluding carboxylic acids is 1. The van der Waals surface area contributed by atoms with Gasteiger partial charge >= 0.3 is 5.97 Å². The Hall–Kier alpha value is -4.52. The summed E-state index contributed by atoms with van der Waals surface area (Å²) in [4.78, 5) is 45.2. The van der Waals surface area contributed by atoms with E-state index in [2.05, 4.69) is 30.2 Å². The second-order valence-electron chi connectivity index (χ2n) is 12.8. The first-order chi connectivity index (χ1) is 21.3. The van der Waals surface area contributed by atoms with Crippen molar-refractivity contribution in [1.82, 2.24) is 19.9 Å². The molecule has 1 aliphatic heterocycles. The first-order valence-corrected chi connectivity index (χ1v) is 15.2. The molecule has 0 atom stereocenters. The van der Waals surface area contributed by atoms with Gasteiger partial charge in [0, 0.05) is 56.1 Å². The number of anilines is 5. The molecule has 0 amide bonds. The molecule has 1 N–H and O–H groups in total. The first-order valence-electron chi connectivity index (χ1n) is 15.2. The highest BCUT2D eigenvalue weighted by atomic mass is 16.6. The number of rotatable bonds is 11. The van der Waals surface area contributed by atoms with E-state index in [4.69, 9.17) is 19.4 Å². The van der Waals surface area contributed by atoms with E-state index in [-0.39, 0.29) is 28.7 Å². The highest BCUT2D eigenvalue weighted by Gasteiger charge is 2.41. The third-order valence-corrected chi connectivity index (χ3v) is 8.14. The van der Waals surface area contributed by atoms with Gasteiger partial charge in [0.2, 0.25) is 5.95 Å². The zero-order chi connectivity index (χ0) is 32.6. The van der Waals surface area contributed by atoms with Crippen molar-refractivity contribution in [3.05, 3.63) is 57.0 Å². The predicted molar refractivity (Wildman–Crippen MR) is 174 cm³/mol. The molecular weight excluding hydrogens is 576 g/mol. The molecule has 0 bridgehead atoms. The fourth-order valence-corrected chi connectivity index (χ4v) is 5.84. The molecule has 3 heterocycles. The minimum Gasteiger partial charge on any atom is -0.494 e. The molecule has 13 nitrogen and oxygen atoms in total. The van der Waals surface area contributed by atoms with Crippen molar-refractivity contribution in [2.75, 3.05) is 63.0 Å². The van der Waals surface area contributed by atoms with E-state index in [0.717, 1.165) is 36.3 Å². The van der Waals surface area contributed by atoms with E-state index >= 15 is 0 Å². The van der Waals surface area contributed by atoms with Gasteiger partial charge in [-0.15, -0.1) is 0 Å². The normalized spacial score (nSPS) is 14.8. The van der Waals surface area contributed by atoms with E-state index in [1.165, 1.54) is 24.9 Å². The van der Waals surface area contributed by atoms with Gasteiger partial charge in [-0.25, -0.2) is 9.78 Å². The number of fused-ring (bicyclic) bond motifs is 2. The van der Waals surface area contributed by atoms with Crippen LogP contribution >= 0.6 is 0 Å². The number of nitrogens with zero attached hydrogens (tertiary/aromatic N) is 7. The highest BCUT2D eigenvalue weighted by Crippen LogP contribution is 2.46. The standard InChI is InChI=1S/C32H42N8O5/c1-19(2)45-30(41)21-17-33-31(35-23-15-25(40(42)43)24(16-27(23)44-8)38(7)13-12-37(5)6)36-29(21)39-18-32(3,4)28-26(39)14-20-10-9-11-22(20)34-28/h14-17,19H,9-13,18H2,1-8H3,(H,33,35,36). The maximum atomic E-state index is 13.3. The number of likely N-dealkylation sites (N-methyl/N-ethyl adjacent to an activating group) is 2. The van der Waals surface area contributed by atoms with Gasteiger partial charge in [0.1, 0.15) is 17.0 Å². The van der Waals surface area contributed by atoms with E-state index in [1.54, 1.807) is 19.9 Å². The lowest BCUT2D eigenvalue weighted by Crippen LogP contribution is -2.29. The number of nitro groups is 1. The Morgan fingerprint density at radius 2 is 1.91 bits per heavy atom. The molecule has 1 aromatic carbocycles. The van der Waals surface area contributed by atoms with Gasteiger partial charge in [0.25, 0.3) is 5.69 Å². The molecule has 0 saturated heterocycles. The van der Waals surface area contributed by atoms with Crippen LogP contribution in [-0.2, 0) is 23.0 Å². The van der Waals surface area contributed by atoms with Crippen LogP contribution in [0.25, 0.3) is 0 Å². The van der Waals surface area contributed by atoms with Crippen LogP contribution in [0.15, 0.2) is 24.4 Å². The Morgan fingerprint density at radius 3 is 2.58 bits per heavy atom. The van der Waals surface area contributed by atoms with Crippen LogP contribution in [0.3, 0.4) is 0 Å². The first kappa shape index (κ1) is 31.9. The number of hydrogen-bond acceptors (Lipinski definition) is 12. The zero-order valence-electron chi connectivity index (χ0n) is 27.3. The fourth-order valence-electron chi connectivity index (χ4n) is 5.84. The number of hydrogen-bond donors (Lipinski definition) is 1. The predicted octanol–water partition coefficient (Wildman–Crippen LogP) is 5.01. The van der Waals surface area contributed by atoms with Crippen LogP contribution in [0.2, 0.25) is 0 Å². The SMILES string of the molecule is COc1cc(N(C)CCN(C)C)c([N+](=O)[O-])cc1Nc1ncc(C(=O)OC(C)C)c(N2CC(C)(C)c3nc4c(cc32)CCC4)n1. The van der Waals surface area contributed by atoms with Crippen molar-refractivity contribution in [2.24, 2.45) is 0 Å². The zero-order valence-corrected chi connectivity index (χ0v) is 27.3. The summed E-state index contributed by atoms with van der Waals surface area (Å²) in [6.07, 6.45) is 4.09. The van der Waals surface area contributed by atoms with Crippen molar-refractivity contribution in [3.8, 4) is 5.75 Å². The summed E-state index contributed by atoms with van der Waals surface area (Å²) < 4.78 is 11.2. The third-order valence-electron chi connectivity index (χ3n) is 8.14. The Balaban J connectivity index is 1.58. The molecule has 3 aromatic rings. The van der Waals surface area contributed by atoms with E-state index < -0.39 is 10.9 Å². The van der Waals surface area contributed by atoms with Crippen LogP contribution in [0.1, 0.15) is 61.4 Å². The van der Waals surface area contributed by atoms with Crippen LogP contribution in [0.5, 0.6) is 5.75 Å². The smallest absolute Gasteiger partial charge is 0.343 e. The van der Waals surface area contributed by atoms with Crippen molar-refractivity contribution >= 4 is 40.5 Å². The molecule has 0 saturated carbocycles. The number of benzene rings is 1. The Morgan fingerprint density at radius 1 is 1.16 bits per heavy atom. The van der Waals surface area contributed by atoms with Crippen LogP contribution in [-0.4, -0.2) is 84.7 Å². The van der Waals surface area contributed by atoms with Gasteiger partial charge in [-0.2, -0.15) is 4.98 Å². The van der Waals surface area contributed by atoms with Gasteiger partial charge in [-0.05, 0) is 58.8 Å². The third kappa shape index (κ3) is 6.48. The van der Waals surface area contributed by atoms with Gasteiger partial charge in [0.15, 0.2) is 5.82 Å². The topological polar surface area (TPSA) is 139 Å². The second kappa shape index (κ2) is 12.5. The summed E-state index contributed by atoms with van der Waals surface area (Å²) in [6.45, 7) is 9.68. The van der Waals surface area contributed by atoms with Gasteiger partial charge in [-0.1, -0.05) is 13.8 Å². The number of aryl methyl sites for hydroxylation is 2. The Labute approximate surface area is 263 Å². The molecule has 2 aromatic heterocycles. The molecule has 1 aliphatic carbocycles. The van der Waals surface area contributed by atoms with E-state index in [9.17, 15) is 14.9 Å². The number of pyridine rings is 1. The number of nitrogens with one attached hydrogen (secondary N) is 1. The molecule has 2 aliphatic rings. The van der Waals surface area contributed by atoms with E-state index in [1.807, 2.05) is 35.8 Å². The largest absolute Gasteiger partial charge is 0.494 e. The lowest BCUT2D eigenvalue weighted by atomic mass is 9.91. The molecule has 240 valence electrons. The van der Waals surface area contributed by atoms with Crippen molar-refractivity contribution < 1.29 is 19.2 Å². The van der Waals surface area contributed by atoms with Crippen molar-refractivity contribution in [1.29, 1.82) is 0 Å². The van der Waals surface area contributed by atoms with Gasteiger partial charge in [-0.3, -0.25) is 15.1 Å². The summed E-state index contributed by atoms with van der Waals surface area (Å²) in [5.41, 5.74) is 4.78. The number of ether oxygens (including phenoxy) is 2. The second-order valence-corrected chi connectivity index (χ2v) is 12.8. The quantitative estimate of drug-likeness (QED) is 0.175. The number of nitro benzene ring substituents is 1. The number of carbonyl (C=O) groups is 1. The molecule has 0 spiro atoms. The van der Waals surface area contributed by atoms with Crippen LogP contribution < -0.4 is 19.9 Å². The highest BCUT2D eigenvalue weighted by molar-refractivity contribution is 5.96. The van der Waals surface area contributed by atoms with Crippen LogP contribution in [0.4, 0.5) is 34.5 Å².